The molecule has 4 heteroatoms. The first-order valence-electron chi connectivity index (χ1n) is 7.03. The van der Waals surface area contributed by atoms with Gasteiger partial charge in [-0.1, -0.05) is 30.7 Å². The maximum absolute atomic E-state index is 6.21. The fourth-order valence-electron chi connectivity index (χ4n) is 2.35. The van der Waals surface area contributed by atoms with E-state index in [1.807, 2.05) is 25.1 Å². The molecule has 1 aliphatic heterocycles. The summed E-state index contributed by atoms with van der Waals surface area (Å²) in [6.45, 7) is 11.7. The van der Waals surface area contributed by atoms with Gasteiger partial charge in [0.25, 0.3) is 0 Å². The molecule has 0 radical (unpaired) electrons. The van der Waals surface area contributed by atoms with Crippen LogP contribution in [-0.4, -0.2) is 55.7 Å². The zero-order valence-corrected chi connectivity index (χ0v) is 12.6. The van der Waals surface area contributed by atoms with E-state index in [-0.39, 0.29) is 0 Å². The molecule has 0 N–H and O–H groups in total. The molecule has 0 atom stereocenters. The Hall–Kier alpha value is -0.770. The van der Waals surface area contributed by atoms with Crippen molar-refractivity contribution in [2.24, 2.45) is 0 Å². The molecule has 1 aliphatic rings. The second-order valence-electron chi connectivity index (χ2n) is 5.01. The van der Waals surface area contributed by atoms with E-state index in [1.165, 1.54) is 13.1 Å². The minimum absolute atomic E-state index is 0.704. The van der Waals surface area contributed by atoms with Crippen molar-refractivity contribution in [2.45, 2.75) is 13.8 Å². The van der Waals surface area contributed by atoms with Crippen molar-refractivity contribution < 1.29 is 4.74 Å². The van der Waals surface area contributed by atoms with Gasteiger partial charge in [-0.05, 0) is 25.1 Å². The van der Waals surface area contributed by atoms with Crippen LogP contribution in [-0.2, 0) is 0 Å². The summed E-state index contributed by atoms with van der Waals surface area (Å²) in [5.41, 5.74) is 1.07. The minimum Gasteiger partial charge on any atom is -0.491 e. The van der Waals surface area contributed by atoms with E-state index in [1.54, 1.807) is 0 Å². The number of hydrogen-bond donors (Lipinski definition) is 0. The second-order valence-corrected chi connectivity index (χ2v) is 5.39. The van der Waals surface area contributed by atoms with Crippen molar-refractivity contribution in [1.29, 1.82) is 0 Å². The summed E-state index contributed by atoms with van der Waals surface area (Å²) in [4.78, 5) is 4.94. The van der Waals surface area contributed by atoms with Crippen molar-refractivity contribution in [2.75, 3.05) is 45.9 Å². The summed E-state index contributed by atoms with van der Waals surface area (Å²) in [5.74, 6) is 0.800. The van der Waals surface area contributed by atoms with Gasteiger partial charge in [-0.15, -0.1) is 0 Å². The van der Waals surface area contributed by atoms with E-state index in [2.05, 4.69) is 16.7 Å². The molecule has 3 nitrogen and oxygen atoms in total. The van der Waals surface area contributed by atoms with E-state index in [9.17, 15) is 0 Å². The van der Waals surface area contributed by atoms with Gasteiger partial charge in [0.05, 0.1) is 5.02 Å². The molecule has 19 heavy (non-hydrogen) atoms. The van der Waals surface area contributed by atoms with Crippen LogP contribution < -0.4 is 4.74 Å². The molecule has 0 spiro atoms. The summed E-state index contributed by atoms with van der Waals surface area (Å²) >= 11 is 6.21. The van der Waals surface area contributed by atoms with Crippen LogP contribution in [0.3, 0.4) is 0 Å². The summed E-state index contributed by atoms with van der Waals surface area (Å²) in [5, 5.41) is 0.735. The molecule has 1 aromatic carbocycles. The van der Waals surface area contributed by atoms with Gasteiger partial charge >= 0.3 is 0 Å². The summed E-state index contributed by atoms with van der Waals surface area (Å²) in [6, 6.07) is 5.92. The summed E-state index contributed by atoms with van der Waals surface area (Å²) in [7, 11) is 0. The second kappa shape index (κ2) is 7.13. The van der Waals surface area contributed by atoms with Gasteiger partial charge in [-0.2, -0.15) is 0 Å². The number of rotatable bonds is 5. The number of halogens is 1. The van der Waals surface area contributed by atoms with E-state index in [4.69, 9.17) is 16.3 Å². The summed E-state index contributed by atoms with van der Waals surface area (Å²) in [6.07, 6.45) is 0. The molecular weight excluding hydrogens is 260 g/mol. The minimum atomic E-state index is 0.704. The van der Waals surface area contributed by atoms with Crippen molar-refractivity contribution in [1.82, 2.24) is 9.80 Å². The van der Waals surface area contributed by atoms with Crippen LogP contribution in [0.1, 0.15) is 12.5 Å². The Balaban J connectivity index is 1.74. The average Bonchev–Trinajstić information content (AvgIpc) is 2.44. The molecule has 0 saturated carbocycles. The van der Waals surface area contributed by atoms with E-state index in [0.29, 0.717) is 6.61 Å². The lowest BCUT2D eigenvalue weighted by Crippen LogP contribution is -2.47. The number of aryl methyl sites for hydroxylation is 1. The van der Waals surface area contributed by atoms with E-state index in [0.717, 1.165) is 42.5 Å². The molecule has 2 rings (SSSR count). The standard InChI is InChI=1S/C15H23ClN2O/c1-3-17-7-9-18(10-8-17)11-12-19-14-6-4-5-13(2)15(14)16/h4-6H,3,7-12H2,1-2H3. The summed E-state index contributed by atoms with van der Waals surface area (Å²) < 4.78 is 5.79. The molecular formula is C15H23ClN2O. The molecule has 1 saturated heterocycles. The molecule has 1 aromatic rings. The van der Waals surface area contributed by atoms with Gasteiger partial charge in [0.2, 0.25) is 0 Å². The third-order valence-corrected chi connectivity index (χ3v) is 4.22. The Morgan fingerprint density at radius 2 is 1.84 bits per heavy atom. The maximum atomic E-state index is 6.21. The molecule has 0 aromatic heterocycles. The van der Waals surface area contributed by atoms with Crippen LogP contribution >= 0.6 is 11.6 Å². The lowest BCUT2D eigenvalue weighted by Gasteiger charge is -2.33. The van der Waals surface area contributed by atoms with Crippen LogP contribution in [0.4, 0.5) is 0 Å². The number of likely N-dealkylation sites (N-methyl/N-ethyl adjacent to an activating group) is 1. The Morgan fingerprint density at radius 3 is 2.53 bits per heavy atom. The van der Waals surface area contributed by atoms with Gasteiger partial charge in [0.1, 0.15) is 12.4 Å². The van der Waals surface area contributed by atoms with Crippen molar-refractivity contribution in [3.63, 3.8) is 0 Å². The number of hydrogen-bond acceptors (Lipinski definition) is 3. The quantitative estimate of drug-likeness (QED) is 0.826. The van der Waals surface area contributed by atoms with Gasteiger partial charge in [-0.3, -0.25) is 4.90 Å². The molecule has 1 heterocycles. The lowest BCUT2D eigenvalue weighted by atomic mass is 10.2. The zero-order valence-electron chi connectivity index (χ0n) is 11.9. The predicted octanol–water partition coefficient (Wildman–Crippen LogP) is 2.66. The Labute approximate surface area is 121 Å². The highest BCUT2D eigenvalue weighted by atomic mass is 35.5. The Kier molecular flexibility index (Phi) is 5.49. The van der Waals surface area contributed by atoms with Gasteiger partial charge < -0.3 is 9.64 Å². The number of benzene rings is 1. The third-order valence-electron chi connectivity index (χ3n) is 3.73. The van der Waals surface area contributed by atoms with Gasteiger partial charge in [0, 0.05) is 32.7 Å². The molecule has 1 fully saturated rings. The predicted molar refractivity (Wildman–Crippen MR) is 80.2 cm³/mol. The topological polar surface area (TPSA) is 15.7 Å². The van der Waals surface area contributed by atoms with Crippen LogP contribution in [0.15, 0.2) is 18.2 Å². The van der Waals surface area contributed by atoms with E-state index >= 15 is 0 Å². The van der Waals surface area contributed by atoms with Crippen molar-refractivity contribution in [3.05, 3.63) is 28.8 Å². The highest BCUT2D eigenvalue weighted by Gasteiger charge is 2.15. The third kappa shape index (κ3) is 4.10. The van der Waals surface area contributed by atoms with Crippen molar-refractivity contribution >= 4 is 11.6 Å². The smallest absolute Gasteiger partial charge is 0.138 e. The fraction of sp³-hybridized carbons (Fsp3) is 0.600. The van der Waals surface area contributed by atoms with Crippen LogP contribution in [0.2, 0.25) is 5.02 Å². The van der Waals surface area contributed by atoms with Gasteiger partial charge in [-0.25, -0.2) is 0 Å². The average molecular weight is 283 g/mol. The molecule has 106 valence electrons. The largest absolute Gasteiger partial charge is 0.491 e. The maximum Gasteiger partial charge on any atom is 0.138 e. The Morgan fingerprint density at radius 1 is 1.16 bits per heavy atom. The SMILES string of the molecule is CCN1CCN(CCOc2cccc(C)c2Cl)CC1. The first-order chi connectivity index (χ1) is 9.20. The first kappa shape index (κ1) is 14.6. The van der Waals surface area contributed by atoms with Crippen LogP contribution in [0, 0.1) is 6.92 Å². The number of ether oxygens (including phenoxy) is 1. The highest BCUT2D eigenvalue weighted by Crippen LogP contribution is 2.27. The molecule has 0 aliphatic carbocycles. The zero-order chi connectivity index (χ0) is 13.7. The normalized spacial score (nSPS) is 17.6. The van der Waals surface area contributed by atoms with E-state index < -0.39 is 0 Å². The van der Waals surface area contributed by atoms with Gasteiger partial charge in [0.15, 0.2) is 0 Å². The van der Waals surface area contributed by atoms with Crippen LogP contribution in [0.5, 0.6) is 5.75 Å². The van der Waals surface area contributed by atoms with Crippen molar-refractivity contribution in [3.8, 4) is 5.75 Å². The van der Waals surface area contributed by atoms with Crippen LogP contribution in [0.25, 0.3) is 0 Å². The molecule has 0 unspecified atom stereocenters. The number of nitrogens with zero attached hydrogens (tertiary/aromatic N) is 2. The number of piperazine rings is 1. The lowest BCUT2D eigenvalue weighted by molar-refractivity contribution is 0.121. The monoisotopic (exact) mass is 282 g/mol. The fourth-order valence-corrected chi connectivity index (χ4v) is 2.53. The highest BCUT2D eigenvalue weighted by molar-refractivity contribution is 6.32. The molecule has 0 bridgehead atoms. The Bertz CT molecular complexity index is 403. The molecule has 0 amide bonds. The first-order valence-corrected chi connectivity index (χ1v) is 7.41.